The van der Waals surface area contributed by atoms with Crippen molar-refractivity contribution in [1.29, 1.82) is 0 Å². The second kappa shape index (κ2) is 4.98. The SMILES string of the molecule is Cc1cc(NC2CCN3CCCC23)cc(C(=O)O)c1N. The molecule has 2 aliphatic heterocycles. The number of anilines is 2. The number of aryl methyl sites for hydroxylation is 1. The van der Waals surface area contributed by atoms with Gasteiger partial charge in [-0.2, -0.15) is 0 Å². The Balaban J connectivity index is 1.82. The summed E-state index contributed by atoms with van der Waals surface area (Å²) in [5.41, 5.74) is 8.06. The van der Waals surface area contributed by atoms with Gasteiger partial charge in [-0.3, -0.25) is 4.90 Å². The summed E-state index contributed by atoms with van der Waals surface area (Å²) in [6.07, 6.45) is 3.62. The number of hydrogen-bond donors (Lipinski definition) is 3. The smallest absolute Gasteiger partial charge is 0.337 e. The molecular formula is C15H21N3O2. The number of carboxylic acids is 1. The van der Waals surface area contributed by atoms with Crippen LogP contribution in [-0.4, -0.2) is 41.1 Å². The van der Waals surface area contributed by atoms with Crippen molar-refractivity contribution < 1.29 is 9.90 Å². The molecule has 4 N–H and O–H groups in total. The van der Waals surface area contributed by atoms with Crippen molar-refractivity contribution in [3.63, 3.8) is 0 Å². The van der Waals surface area contributed by atoms with E-state index in [1.807, 2.05) is 13.0 Å². The number of fused-ring (bicyclic) bond motifs is 1. The average Bonchev–Trinajstić information content (AvgIpc) is 2.98. The van der Waals surface area contributed by atoms with Crippen molar-refractivity contribution in [2.75, 3.05) is 24.1 Å². The molecule has 20 heavy (non-hydrogen) atoms. The predicted molar refractivity (Wildman–Crippen MR) is 79.2 cm³/mol. The van der Waals surface area contributed by atoms with Crippen molar-refractivity contribution >= 4 is 17.3 Å². The van der Waals surface area contributed by atoms with Gasteiger partial charge < -0.3 is 16.2 Å². The molecule has 1 aromatic rings. The molecule has 2 heterocycles. The average molecular weight is 275 g/mol. The van der Waals surface area contributed by atoms with E-state index in [1.54, 1.807) is 6.07 Å². The highest BCUT2D eigenvalue weighted by Crippen LogP contribution is 2.31. The summed E-state index contributed by atoms with van der Waals surface area (Å²) >= 11 is 0. The van der Waals surface area contributed by atoms with Crippen LogP contribution in [0.2, 0.25) is 0 Å². The Kier molecular flexibility index (Phi) is 3.30. The molecule has 108 valence electrons. The molecule has 0 aliphatic carbocycles. The zero-order chi connectivity index (χ0) is 14.3. The number of rotatable bonds is 3. The van der Waals surface area contributed by atoms with Crippen LogP contribution in [0.1, 0.15) is 35.2 Å². The standard InChI is InChI=1S/C15H21N3O2/c1-9-7-10(8-11(14(9)16)15(19)20)17-12-4-6-18-5-2-3-13(12)18/h7-8,12-13,17H,2-6,16H2,1H3,(H,19,20). The van der Waals surface area contributed by atoms with Crippen molar-refractivity contribution in [3.05, 3.63) is 23.3 Å². The van der Waals surface area contributed by atoms with E-state index in [4.69, 9.17) is 5.73 Å². The second-order valence-corrected chi connectivity index (χ2v) is 5.84. The molecule has 5 heteroatoms. The van der Waals surface area contributed by atoms with Crippen molar-refractivity contribution in [2.24, 2.45) is 0 Å². The van der Waals surface area contributed by atoms with Crippen molar-refractivity contribution in [2.45, 2.75) is 38.3 Å². The monoisotopic (exact) mass is 275 g/mol. The van der Waals surface area contributed by atoms with Gasteiger partial charge in [-0.25, -0.2) is 4.79 Å². The van der Waals surface area contributed by atoms with Gasteiger partial charge in [0.25, 0.3) is 0 Å². The first-order valence-corrected chi connectivity index (χ1v) is 7.20. The minimum atomic E-state index is -0.969. The molecule has 0 aromatic heterocycles. The number of nitrogens with zero attached hydrogens (tertiary/aromatic N) is 1. The van der Waals surface area contributed by atoms with Gasteiger partial charge in [0.15, 0.2) is 0 Å². The van der Waals surface area contributed by atoms with Gasteiger partial charge in [0.1, 0.15) is 0 Å². The van der Waals surface area contributed by atoms with E-state index in [0.717, 1.165) is 24.2 Å². The van der Waals surface area contributed by atoms with Crippen LogP contribution in [0, 0.1) is 6.92 Å². The quantitative estimate of drug-likeness (QED) is 0.735. The largest absolute Gasteiger partial charge is 0.478 e. The number of aromatic carboxylic acids is 1. The Morgan fingerprint density at radius 1 is 1.40 bits per heavy atom. The fourth-order valence-electron chi connectivity index (χ4n) is 3.52. The minimum Gasteiger partial charge on any atom is -0.478 e. The molecule has 0 bridgehead atoms. The van der Waals surface area contributed by atoms with Gasteiger partial charge in [0, 0.05) is 30.0 Å². The molecule has 0 radical (unpaired) electrons. The fraction of sp³-hybridized carbons (Fsp3) is 0.533. The lowest BCUT2D eigenvalue weighted by Gasteiger charge is -2.23. The third-order valence-electron chi connectivity index (χ3n) is 4.58. The number of carboxylic acid groups (broad SMARTS) is 1. The third-order valence-corrected chi connectivity index (χ3v) is 4.58. The molecule has 2 atom stereocenters. The summed E-state index contributed by atoms with van der Waals surface area (Å²) < 4.78 is 0. The van der Waals surface area contributed by atoms with Crippen LogP contribution in [0.4, 0.5) is 11.4 Å². The highest BCUT2D eigenvalue weighted by molar-refractivity contribution is 5.95. The van der Waals surface area contributed by atoms with Gasteiger partial charge >= 0.3 is 5.97 Å². The Hall–Kier alpha value is -1.75. The third kappa shape index (κ3) is 2.22. The predicted octanol–water partition coefficient (Wildman–Crippen LogP) is 1.92. The van der Waals surface area contributed by atoms with Crippen LogP contribution in [0.3, 0.4) is 0 Å². The van der Waals surface area contributed by atoms with Gasteiger partial charge in [-0.1, -0.05) is 0 Å². The zero-order valence-electron chi connectivity index (χ0n) is 11.7. The van der Waals surface area contributed by atoms with Crippen LogP contribution in [0.15, 0.2) is 12.1 Å². The van der Waals surface area contributed by atoms with E-state index in [9.17, 15) is 9.90 Å². The number of nitrogens with one attached hydrogen (secondary N) is 1. The van der Waals surface area contributed by atoms with Crippen LogP contribution in [0.25, 0.3) is 0 Å². The van der Waals surface area contributed by atoms with E-state index >= 15 is 0 Å². The first-order valence-electron chi connectivity index (χ1n) is 7.20. The topological polar surface area (TPSA) is 78.6 Å². The highest BCUT2D eigenvalue weighted by atomic mass is 16.4. The fourth-order valence-corrected chi connectivity index (χ4v) is 3.52. The Morgan fingerprint density at radius 2 is 2.20 bits per heavy atom. The van der Waals surface area contributed by atoms with E-state index in [-0.39, 0.29) is 5.56 Å². The first-order chi connectivity index (χ1) is 9.56. The molecule has 0 spiro atoms. The molecule has 0 amide bonds. The number of nitrogen functional groups attached to an aromatic ring is 1. The Labute approximate surface area is 118 Å². The molecule has 2 fully saturated rings. The van der Waals surface area contributed by atoms with Crippen LogP contribution >= 0.6 is 0 Å². The lowest BCUT2D eigenvalue weighted by molar-refractivity contribution is 0.0698. The molecular weight excluding hydrogens is 254 g/mol. The number of nitrogens with two attached hydrogens (primary N) is 1. The number of carbonyl (C=O) groups is 1. The van der Waals surface area contributed by atoms with Crippen molar-refractivity contribution in [3.8, 4) is 0 Å². The Bertz CT molecular complexity index is 544. The molecule has 0 saturated carbocycles. The van der Waals surface area contributed by atoms with Crippen molar-refractivity contribution in [1.82, 2.24) is 4.90 Å². The summed E-state index contributed by atoms with van der Waals surface area (Å²) in [5, 5.41) is 12.7. The highest BCUT2D eigenvalue weighted by Gasteiger charge is 2.37. The number of hydrogen-bond acceptors (Lipinski definition) is 4. The van der Waals surface area contributed by atoms with Gasteiger partial charge in [-0.05, 0) is 50.4 Å². The summed E-state index contributed by atoms with van der Waals surface area (Å²) in [5.74, 6) is -0.969. The van der Waals surface area contributed by atoms with Crippen LogP contribution in [-0.2, 0) is 0 Å². The minimum absolute atomic E-state index is 0.189. The van der Waals surface area contributed by atoms with Gasteiger partial charge in [0.2, 0.25) is 0 Å². The zero-order valence-corrected chi connectivity index (χ0v) is 11.7. The molecule has 5 nitrogen and oxygen atoms in total. The maximum Gasteiger partial charge on any atom is 0.337 e. The molecule has 3 rings (SSSR count). The van der Waals surface area contributed by atoms with Crippen LogP contribution in [0.5, 0.6) is 0 Å². The van der Waals surface area contributed by atoms with Crippen LogP contribution < -0.4 is 11.1 Å². The molecule has 2 unspecified atom stereocenters. The maximum atomic E-state index is 11.2. The van der Waals surface area contributed by atoms with E-state index < -0.39 is 5.97 Å². The lowest BCUT2D eigenvalue weighted by Crippen LogP contribution is -2.33. The summed E-state index contributed by atoms with van der Waals surface area (Å²) in [4.78, 5) is 13.8. The normalized spacial score (nSPS) is 25.6. The Morgan fingerprint density at radius 3 is 2.95 bits per heavy atom. The summed E-state index contributed by atoms with van der Waals surface area (Å²) in [6, 6.07) is 4.62. The molecule has 2 saturated heterocycles. The second-order valence-electron chi connectivity index (χ2n) is 5.84. The molecule has 2 aliphatic rings. The molecule has 1 aromatic carbocycles. The van der Waals surface area contributed by atoms with E-state index in [1.165, 1.54) is 19.4 Å². The van der Waals surface area contributed by atoms with Gasteiger partial charge in [0.05, 0.1) is 5.56 Å². The summed E-state index contributed by atoms with van der Waals surface area (Å²) in [7, 11) is 0. The van der Waals surface area contributed by atoms with E-state index in [0.29, 0.717) is 17.8 Å². The lowest BCUT2D eigenvalue weighted by atomic mass is 10.0. The van der Waals surface area contributed by atoms with Gasteiger partial charge in [-0.15, -0.1) is 0 Å². The first kappa shape index (κ1) is 13.2. The summed E-state index contributed by atoms with van der Waals surface area (Å²) in [6.45, 7) is 4.19. The van der Waals surface area contributed by atoms with E-state index in [2.05, 4.69) is 10.2 Å². The maximum absolute atomic E-state index is 11.2. The number of benzene rings is 1.